The Morgan fingerprint density at radius 1 is 1.16 bits per heavy atom. The molecule has 0 aliphatic carbocycles. The van der Waals surface area contributed by atoms with Crippen LogP contribution in [-0.4, -0.2) is 24.3 Å². The summed E-state index contributed by atoms with van der Waals surface area (Å²) >= 11 is 1.11. The van der Waals surface area contributed by atoms with E-state index in [1.807, 2.05) is 0 Å². The van der Waals surface area contributed by atoms with E-state index in [0.717, 1.165) is 11.3 Å². The van der Waals surface area contributed by atoms with Crippen molar-refractivity contribution in [3.05, 3.63) is 46.4 Å². The number of benzene rings is 1. The molecular weight excluding hydrogens is 271 g/mol. The Morgan fingerprint density at radius 3 is 2.37 bits per heavy atom. The highest BCUT2D eigenvalue weighted by Gasteiger charge is 2.07. The molecule has 1 aromatic heterocycles. The molecule has 2 rings (SSSR count). The number of aromatic carboxylic acids is 1. The molecule has 1 N–H and O–H groups in total. The third kappa shape index (κ3) is 3.96. The first kappa shape index (κ1) is 13.4. The van der Waals surface area contributed by atoms with Crippen LogP contribution in [0, 0.1) is 5.82 Å². The predicted octanol–water partition coefficient (Wildman–Crippen LogP) is 3.04. The highest BCUT2D eigenvalue weighted by atomic mass is 32.1. The van der Waals surface area contributed by atoms with E-state index >= 15 is 0 Å². The summed E-state index contributed by atoms with van der Waals surface area (Å²) in [5, 5.41) is 10.4. The van der Waals surface area contributed by atoms with E-state index in [1.54, 1.807) is 5.38 Å². The van der Waals surface area contributed by atoms with Gasteiger partial charge < -0.3 is 14.6 Å². The number of rotatable bonds is 6. The van der Waals surface area contributed by atoms with E-state index in [-0.39, 0.29) is 17.3 Å². The number of halogens is 1. The Labute approximate surface area is 113 Å². The minimum absolute atomic E-state index is 0.231. The van der Waals surface area contributed by atoms with Gasteiger partial charge in [-0.3, -0.25) is 0 Å². The molecule has 100 valence electrons. The summed E-state index contributed by atoms with van der Waals surface area (Å²) in [6, 6.07) is 7.15. The molecule has 0 bridgehead atoms. The topological polar surface area (TPSA) is 55.8 Å². The second-order valence-corrected chi connectivity index (χ2v) is 4.51. The highest BCUT2D eigenvalue weighted by Crippen LogP contribution is 2.21. The van der Waals surface area contributed by atoms with Crippen molar-refractivity contribution in [2.45, 2.75) is 0 Å². The smallest absolute Gasteiger partial charge is 0.346 e. The lowest BCUT2D eigenvalue weighted by Gasteiger charge is -2.06. The average Bonchev–Trinajstić information content (AvgIpc) is 2.86. The molecule has 0 fully saturated rings. The summed E-state index contributed by atoms with van der Waals surface area (Å²) in [4.78, 5) is 10.9. The summed E-state index contributed by atoms with van der Waals surface area (Å²) in [7, 11) is 0. The largest absolute Gasteiger partial charge is 0.490 e. The third-order valence-corrected chi connectivity index (χ3v) is 3.12. The Morgan fingerprint density at radius 2 is 1.79 bits per heavy atom. The zero-order valence-electron chi connectivity index (χ0n) is 9.84. The molecule has 19 heavy (non-hydrogen) atoms. The zero-order chi connectivity index (χ0) is 13.7. The number of hydrogen-bond donors (Lipinski definition) is 1. The van der Waals surface area contributed by atoms with Crippen molar-refractivity contribution in [3.63, 3.8) is 0 Å². The Balaban J connectivity index is 1.74. The monoisotopic (exact) mass is 282 g/mol. The molecule has 0 radical (unpaired) electrons. The number of ether oxygens (including phenoxy) is 2. The van der Waals surface area contributed by atoms with E-state index in [0.29, 0.717) is 18.1 Å². The van der Waals surface area contributed by atoms with Crippen molar-refractivity contribution >= 4 is 17.3 Å². The lowest BCUT2D eigenvalue weighted by atomic mass is 10.3. The fraction of sp³-hybridized carbons (Fsp3) is 0.154. The Hall–Kier alpha value is -2.08. The van der Waals surface area contributed by atoms with Gasteiger partial charge in [0, 0.05) is 11.4 Å². The Kier molecular flexibility index (Phi) is 4.35. The second kappa shape index (κ2) is 6.19. The molecule has 1 aromatic carbocycles. The van der Waals surface area contributed by atoms with Crippen molar-refractivity contribution in [3.8, 4) is 11.5 Å². The molecule has 0 unspecified atom stereocenters. The van der Waals surface area contributed by atoms with Crippen LogP contribution < -0.4 is 9.47 Å². The van der Waals surface area contributed by atoms with E-state index in [2.05, 4.69) is 0 Å². The lowest BCUT2D eigenvalue weighted by Crippen LogP contribution is -2.08. The molecule has 0 aliphatic rings. The van der Waals surface area contributed by atoms with Crippen LogP contribution in [0.1, 0.15) is 9.67 Å². The molecule has 6 heteroatoms. The van der Waals surface area contributed by atoms with Gasteiger partial charge in [0.15, 0.2) is 0 Å². The first-order valence-electron chi connectivity index (χ1n) is 5.48. The van der Waals surface area contributed by atoms with Gasteiger partial charge in [-0.15, -0.1) is 11.3 Å². The minimum Gasteiger partial charge on any atom is -0.490 e. The number of thiophene rings is 1. The number of carboxylic acids is 1. The van der Waals surface area contributed by atoms with E-state index < -0.39 is 5.97 Å². The summed E-state index contributed by atoms with van der Waals surface area (Å²) in [5.41, 5.74) is 0. The van der Waals surface area contributed by atoms with Crippen molar-refractivity contribution in [1.82, 2.24) is 0 Å². The molecule has 0 aliphatic heterocycles. The predicted molar refractivity (Wildman–Crippen MR) is 68.7 cm³/mol. The van der Waals surface area contributed by atoms with Crippen LogP contribution in [0.3, 0.4) is 0 Å². The number of carboxylic acid groups (broad SMARTS) is 1. The molecule has 0 amide bonds. The molecule has 0 spiro atoms. The first-order valence-corrected chi connectivity index (χ1v) is 6.36. The van der Waals surface area contributed by atoms with Gasteiger partial charge in [0.05, 0.1) is 0 Å². The number of hydrogen-bond acceptors (Lipinski definition) is 4. The van der Waals surface area contributed by atoms with Crippen LogP contribution in [0.5, 0.6) is 11.5 Å². The van der Waals surface area contributed by atoms with Crippen LogP contribution in [0.4, 0.5) is 4.39 Å². The fourth-order valence-electron chi connectivity index (χ4n) is 1.36. The third-order valence-electron chi connectivity index (χ3n) is 2.22. The van der Waals surface area contributed by atoms with Gasteiger partial charge >= 0.3 is 5.97 Å². The van der Waals surface area contributed by atoms with Gasteiger partial charge in [-0.25, -0.2) is 9.18 Å². The summed E-state index contributed by atoms with van der Waals surface area (Å²) in [6.45, 7) is 0.580. The molecule has 2 aromatic rings. The van der Waals surface area contributed by atoms with Gasteiger partial charge in [-0.2, -0.15) is 0 Å². The average molecular weight is 282 g/mol. The maximum Gasteiger partial charge on any atom is 0.346 e. The minimum atomic E-state index is -0.970. The summed E-state index contributed by atoms with van der Waals surface area (Å²) in [5.74, 6) is -0.225. The molecule has 4 nitrogen and oxygen atoms in total. The van der Waals surface area contributed by atoms with Crippen molar-refractivity contribution in [2.24, 2.45) is 0 Å². The first-order chi connectivity index (χ1) is 9.15. The van der Waals surface area contributed by atoms with Gasteiger partial charge in [0.1, 0.15) is 35.4 Å². The van der Waals surface area contributed by atoms with E-state index in [1.165, 1.54) is 30.3 Å². The van der Waals surface area contributed by atoms with Crippen LogP contribution in [-0.2, 0) is 0 Å². The summed E-state index contributed by atoms with van der Waals surface area (Å²) < 4.78 is 23.3. The highest BCUT2D eigenvalue weighted by molar-refractivity contribution is 7.12. The lowest BCUT2D eigenvalue weighted by molar-refractivity contribution is 0.0702. The zero-order valence-corrected chi connectivity index (χ0v) is 10.7. The van der Waals surface area contributed by atoms with E-state index in [9.17, 15) is 9.18 Å². The molecule has 1 heterocycles. The van der Waals surface area contributed by atoms with E-state index in [4.69, 9.17) is 14.6 Å². The SMILES string of the molecule is O=C(O)c1cc(OCCOc2ccc(F)cc2)cs1. The Bertz CT molecular complexity index is 550. The standard InChI is InChI=1S/C13H11FO4S/c14-9-1-3-10(4-2-9)17-5-6-18-11-7-12(13(15)16)19-8-11/h1-4,7-8H,5-6H2,(H,15,16). The maximum atomic E-state index is 12.6. The molecular formula is C13H11FO4S. The van der Waals surface area contributed by atoms with Crippen molar-refractivity contribution in [1.29, 1.82) is 0 Å². The summed E-state index contributed by atoms with van der Waals surface area (Å²) in [6.07, 6.45) is 0. The molecule has 0 saturated carbocycles. The van der Waals surface area contributed by atoms with Crippen LogP contribution >= 0.6 is 11.3 Å². The van der Waals surface area contributed by atoms with Gasteiger partial charge in [0.25, 0.3) is 0 Å². The van der Waals surface area contributed by atoms with Crippen LogP contribution in [0.15, 0.2) is 35.7 Å². The fourth-order valence-corrected chi connectivity index (χ4v) is 2.02. The van der Waals surface area contributed by atoms with Crippen molar-refractivity contribution in [2.75, 3.05) is 13.2 Å². The normalized spacial score (nSPS) is 10.2. The van der Waals surface area contributed by atoms with Gasteiger partial charge in [-0.1, -0.05) is 0 Å². The number of carbonyl (C=O) groups is 1. The van der Waals surface area contributed by atoms with Crippen LogP contribution in [0.25, 0.3) is 0 Å². The van der Waals surface area contributed by atoms with Crippen LogP contribution in [0.2, 0.25) is 0 Å². The quantitative estimate of drug-likeness (QED) is 0.827. The second-order valence-electron chi connectivity index (χ2n) is 3.60. The molecule has 0 atom stereocenters. The van der Waals surface area contributed by atoms with Gasteiger partial charge in [-0.05, 0) is 24.3 Å². The molecule has 0 saturated heterocycles. The van der Waals surface area contributed by atoms with Gasteiger partial charge in [0.2, 0.25) is 0 Å². The van der Waals surface area contributed by atoms with Crippen molar-refractivity contribution < 1.29 is 23.8 Å². The maximum absolute atomic E-state index is 12.6.